The fraction of sp³-hybridized carbons (Fsp3) is 0.545. The Hall–Kier alpha value is -0.580. The lowest BCUT2D eigenvalue weighted by molar-refractivity contribution is 0.0950. The molecule has 0 fully saturated rings. The Morgan fingerprint density at radius 1 is 1.50 bits per heavy atom. The van der Waals surface area contributed by atoms with E-state index in [0.29, 0.717) is 6.54 Å². The molecule has 1 rings (SSSR count). The van der Waals surface area contributed by atoms with E-state index in [0.717, 1.165) is 10.4 Å². The maximum atomic E-state index is 11.7. The van der Waals surface area contributed by atoms with E-state index in [1.807, 2.05) is 33.8 Å². The van der Waals surface area contributed by atoms with Gasteiger partial charge in [-0.05, 0) is 39.3 Å². The number of carbonyl (C=O) groups is 1. The van der Waals surface area contributed by atoms with Crippen molar-refractivity contribution in [1.82, 2.24) is 5.32 Å². The van der Waals surface area contributed by atoms with Crippen LogP contribution in [0.5, 0.6) is 0 Å². The third-order valence-electron chi connectivity index (χ3n) is 2.09. The van der Waals surface area contributed by atoms with Crippen LogP contribution in [-0.2, 0) is 0 Å². The van der Waals surface area contributed by atoms with Gasteiger partial charge in [0.15, 0.2) is 0 Å². The van der Waals surface area contributed by atoms with E-state index < -0.39 is 0 Å². The van der Waals surface area contributed by atoms with Crippen molar-refractivity contribution < 1.29 is 4.79 Å². The van der Waals surface area contributed by atoms with Gasteiger partial charge in [0.05, 0.1) is 4.88 Å². The van der Waals surface area contributed by atoms with Crippen molar-refractivity contribution in [2.75, 3.05) is 6.54 Å². The van der Waals surface area contributed by atoms with Crippen molar-refractivity contribution in [1.29, 1.82) is 0 Å². The second-order valence-electron chi connectivity index (χ2n) is 4.52. The minimum absolute atomic E-state index is 0. The standard InChI is InChI=1S/C11H18N2OS.ClH/c1-7-5-9(15-8(7)2)10(14)13-6-11(3,4)12;/h5H,6,12H2,1-4H3,(H,13,14);1H. The molecule has 0 aromatic carbocycles. The van der Waals surface area contributed by atoms with E-state index in [1.165, 1.54) is 16.2 Å². The predicted molar refractivity (Wildman–Crippen MR) is 71.6 cm³/mol. The number of aryl methyl sites for hydroxylation is 2. The molecular weight excluding hydrogens is 244 g/mol. The largest absolute Gasteiger partial charge is 0.350 e. The normalized spacial score (nSPS) is 10.8. The summed E-state index contributed by atoms with van der Waals surface area (Å²) >= 11 is 1.52. The van der Waals surface area contributed by atoms with Crippen LogP contribution in [0.4, 0.5) is 0 Å². The van der Waals surface area contributed by atoms with Gasteiger partial charge in [0.25, 0.3) is 5.91 Å². The van der Waals surface area contributed by atoms with Gasteiger partial charge in [0.1, 0.15) is 0 Å². The molecule has 0 atom stereocenters. The monoisotopic (exact) mass is 262 g/mol. The van der Waals surface area contributed by atoms with Crippen LogP contribution in [0, 0.1) is 13.8 Å². The van der Waals surface area contributed by atoms with E-state index in [-0.39, 0.29) is 23.9 Å². The van der Waals surface area contributed by atoms with Crippen molar-refractivity contribution in [2.45, 2.75) is 33.2 Å². The lowest BCUT2D eigenvalue weighted by atomic mass is 10.1. The summed E-state index contributed by atoms with van der Waals surface area (Å²) in [5.74, 6) is -0.0327. The summed E-state index contributed by atoms with van der Waals surface area (Å²) in [7, 11) is 0. The SMILES string of the molecule is Cc1cc(C(=O)NCC(C)(C)N)sc1C.Cl. The van der Waals surface area contributed by atoms with Crippen molar-refractivity contribution in [3.63, 3.8) is 0 Å². The highest BCUT2D eigenvalue weighted by Gasteiger charge is 2.15. The van der Waals surface area contributed by atoms with Crippen LogP contribution in [0.3, 0.4) is 0 Å². The number of thiophene rings is 1. The Morgan fingerprint density at radius 3 is 2.44 bits per heavy atom. The molecule has 0 saturated carbocycles. The Bertz CT molecular complexity index is 349. The van der Waals surface area contributed by atoms with Gasteiger partial charge < -0.3 is 11.1 Å². The molecule has 5 heteroatoms. The fourth-order valence-electron chi connectivity index (χ4n) is 1.08. The molecule has 0 saturated heterocycles. The van der Waals surface area contributed by atoms with Crippen molar-refractivity contribution in [3.05, 3.63) is 21.4 Å². The second-order valence-corrected chi connectivity index (χ2v) is 5.78. The van der Waals surface area contributed by atoms with Gasteiger partial charge in [-0.15, -0.1) is 23.7 Å². The Labute approximate surface area is 107 Å². The Balaban J connectivity index is 0.00000225. The van der Waals surface area contributed by atoms with Gasteiger partial charge in [-0.25, -0.2) is 0 Å². The summed E-state index contributed by atoms with van der Waals surface area (Å²) in [4.78, 5) is 13.6. The van der Waals surface area contributed by atoms with Crippen LogP contribution in [0.15, 0.2) is 6.07 Å². The molecule has 1 aromatic heterocycles. The molecule has 1 amide bonds. The number of rotatable bonds is 3. The third kappa shape index (κ3) is 4.51. The van der Waals surface area contributed by atoms with Crippen LogP contribution in [0.1, 0.15) is 34.0 Å². The first-order valence-corrected chi connectivity index (χ1v) is 5.75. The topological polar surface area (TPSA) is 55.1 Å². The number of hydrogen-bond acceptors (Lipinski definition) is 3. The summed E-state index contributed by atoms with van der Waals surface area (Å²) in [5.41, 5.74) is 6.59. The average molecular weight is 263 g/mol. The van der Waals surface area contributed by atoms with Gasteiger partial charge in [-0.2, -0.15) is 0 Å². The number of amides is 1. The summed E-state index contributed by atoms with van der Waals surface area (Å²) in [6.45, 7) is 8.29. The first-order chi connectivity index (χ1) is 6.79. The van der Waals surface area contributed by atoms with Crippen LogP contribution in [-0.4, -0.2) is 18.0 Å². The molecular formula is C11H19ClN2OS. The van der Waals surface area contributed by atoms with Crippen LogP contribution >= 0.6 is 23.7 Å². The van der Waals surface area contributed by atoms with E-state index in [2.05, 4.69) is 5.32 Å². The summed E-state index contributed by atoms with van der Waals surface area (Å²) in [5, 5.41) is 2.83. The van der Waals surface area contributed by atoms with E-state index in [1.54, 1.807) is 0 Å². The number of nitrogens with two attached hydrogens (primary N) is 1. The maximum Gasteiger partial charge on any atom is 0.261 e. The highest BCUT2D eigenvalue weighted by Crippen LogP contribution is 2.20. The minimum Gasteiger partial charge on any atom is -0.350 e. The highest BCUT2D eigenvalue weighted by atomic mass is 35.5. The zero-order valence-electron chi connectivity index (χ0n) is 10.1. The number of halogens is 1. The Morgan fingerprint density at radius 2 is 2.06 bits per heavy atom. The number of nitrogens with one attached hydrogen (secondary N) is 1. The highest BCUT2D eigenvalue weighted by molar-refractivity contribution is 7.14. The average Bonchev–Trinajstić information content (AvgIpc) is 2.42. The molecule has 1 heterocycles. The van der Waals surface area contributed by atoms with E-state index in [4.69, 9.17) is 5.73 Å². The summed E-state index contributed by atoms with van der Waals surface area (Å²) < 4.78 is 0. The first kappa shape index (κ1) is 15.4. The molecule has 0 spiro atoms. The van der Waals surface area contributed by atoms with Crippen molar-refractivity contribution >= 4 is 29.7 Å². The zero-order valence-corrected chi connectivity index (χ0v) is 11.7. The quantitative estimate of drug-likeness (QED) is 0.878. The molecule has 3 nitrogen and oxygen atoms in total. The fourth-order valence-corrected chi connectivity index (χ4v) is 2.03. The molecule has 0 aliphatic rings. The van der Waals surface area contributed by atoms with Crippen molar-refractivity contribution in [3.8, 4) is 0 Å². The molecule has 92 valence electrons. The Kier molecular flexibility index (Phi) is 5.46. The molecule has 16 heavy (non-hydrogen) atoms. The first-order valence-electron chi connectivity index (χ1n) is 4.94. The minimum atomic E-state index is -0.364. The molecule has 0 radical (unpaired) electrons. The van der Waals surface area contributed by atoms with Gasteiger partial charge >= 0.3 is 0 Å². The molecule has 0 aliphatic heterocycles. The molecule has 0 unspecified atom stereocenters. The van der Waals surface area contributed by atoms with Crippen molar-refractivity contribution in [2.24, 2.45) is 5.73 Å². The lowest BCUT2D eigenvalue weighted by Gasteiger charge is -2.18. The zero-order chi connectivity index (χ0) is 11.6. The molecule has 1 aromatic rings. The third-order valence-corrected chi connectivity index (χ3v) is 3.25. The van der Waals surface area contributed by atoms with Crippen LogP contribution in [0.25, 0.3) is 0 Å². The number of carbonyl (C=O) groups excluding carboxylic acids is 1. The van der Waals surface area contributed by atoms with Gasteiger partial charge in [-0.1, -0.05) is 0 Å². The van der Waals surface area contributed by atoms with Crippen LogP contribution < -0.4 is 11.1 Å². The van der Waals surface area contributed by atoms with Gasteiger partial charge in [0, 0.05) is 17.0 Å². The smallest absolute Gasteiger partial charge is 0.261 e. The maximum absolute atomic E-state index is 11.7. The second kappa shape index (κ2) is 5.66. The van der Waals surface area contributed by atoms with Gasteiger partial charge in [0.2, 0.25) is 0 Å². The van der Waals surface area contributed by atoms with E-state index in [9.17, 15) is 4.79 Å². The molecule has 0 bridgehead atoms. The predicted octanol–water partition coefficient (Wildman–Crippen LogP) is 2.25. The summed E-state index contributed by atoms with van der Waals surface area (Å²) in [6, 6.07) is 1.92. The molecule has 0 aliphatic carbocycles. The van der Waals surface area contributed by atoms with E-state index >= 15 is 0 Å². The summed E-state index contributed by atoms with van der Waals surface area (Å²) in [6.07, 6.45) is 0. The number of hydrogen-bond donors (Lipinski definition) is 2. The van der Waals surface area contributed by atoms with Gasteiger partial charge in [-0.3, -0.25) is 4.79 Å². The van der Waals surface area contributed by atoms with Crippen LogP contribution in [0.2, 0.25) is 0 Å². The lowest BCUT2D eigenvalue weighted by Crippen LogP contribution is -2.44. The molecule has 3 N–H and O–H groups in total.